The number of nitrogens with one attached hydrogen (secondary N) is 2. The molecule has 1 heterocycles. The predicted octanol–water partition coefficient (Wildman–Crippen LogP) is 2.04. The average molecular weight is 313 g/mol. The van der Waals surface area contributed by atoms with Crippen LogP contribution in [0.3, 0.4) is 0 Å². The van der Waals surface area contributed by atoms with E-state index in [0.717, 1.165) is 16.9 Å². The summed E-state index contributed by atoms with van der Waals surface area (Å²) in [7, 11) is 0. The topological polar surface area (TPSA) is 80.3 Å². The lowest BCUT2D eigenvalue weighted by Gasteiger charge is -2.10. The first kappa shape index (κ1) is 16.5. The van der Waals surface area contributed by atoms with E-state index in [-0.39, 0.29) is 6.54 Å². The number of carbonyl (C=O) groups excluding carboxylic acids is 2. The number of hydrogen-bond donors (Lipinski definition) is 2. The highest BCUT2D eigenvalue weighted by Crippen LogP contribution is 2.21. The smallest absolute Gasteiger partial charge is 0.313 e. The number of nitrogens with zero attached hydrogens (tertiary/aromatic N) is 1. The van der Waals surface area contributed by atoms with Crippen LogP contribution in [0.1, 0.15) is 18.1 Å². The van der Waals surface area contributed by atoms with Gasteiger partial charge < -0.3 is 15.4 Å². The van der Waals surface area contributed by atoms with Gasteiger partial charge >= 0.3 is 11.8 Å². The second kappa shape index (κ2) is 7.93. The molecule has 0 fully saturated rings. The molecule has 0 radical (unpaired) electrons. The average Bonchev–Trinajstić information content (AvgIpc) is 2.56. The summed E-state index contributed by atoms with van der Waals surface area (Å²) in [6, 6.07) is 8.83. The molecule has 1 aromatic carbocycles. The van der Waals surface area contributed by atoms with Crippen LogP contribution in [0.5, 0.6) is 5.75 Å². The van der Waals surface area contributed by atoms with Gasteiger partial charge in [0.1, 0.15) is 5.75 Å². The number of aromatic nitrogens is 1. The van der Waals surface area contributed by atoms with Gasteiger partial charge in [0.05, 0.1) is 6.61 Å². The summed E-state index contributed by atoms with van der Waals surface area (Å²) in [5.74, 6) is -0.661. The first-order valence-corrected chi connectivity index (χ1v) is 7.31. The molecule has 6 heteroatoms. The first-order valence-electron chi connectivity index (χ1n) is 7.31. The molecule has 120 valence electrons. The number of amides is 2. The molecule has 1 aromatic heterocycles. The summed E-state index contributed by atoms with van der Waals surface area (Å²) in [5, 5.41) is 5.16. The van der Waals surface area contributed by atoms with Gasteiger partial charge in [0.2, 0.25) is 0 Å². The number of hydrogen-bond acceptors (Lipinski definition) is 4. The summed E-state index contributed by atoms with van der Waals surface area (Å²) in [6.07, 6.45) is 3.26. The number of aryl methyl sites for hydroxylation is 1. The second-order valence-corrected chi connectivity index (χ2v) is 4.90. The van der Waals surface area contributed by atoms with Gasteiger partial charge in [-0.2, -0.15) is 0 Å². The summed E-state index contributed by atoms with van der Waals surface area (Å²) in [4.78, 5) is 27.7. The predicted molar refractivity (Wildman–Crippen MR) is 87.1 cm³/mol. The zero-order valence-corrected chi connectivity index (χ0v) is 13.1. The maximum atomic E-state index is 11.9. The lowest BCUT2D eigenvalue weighted by atomic mass is 10.2. The van der Waals surface area contributed by atoms with Crippen LogP contribution in [-0.2, 0) is 16.1 Å². The van der Waals surface area contributed by atoms with Crippen molar-refractivity contribution < 1.29 is 14.3 Å². The molecule has 2 aromatic rings. The Kier molecular flexibility index (Phi) is 5.68. The van der Waals surface area contributed by atoms with Gasteiger partial charge in [-0.1, -0.05) is 0 Å². The molecule has 0 aliphatic carbocycles. The molecule has 0 saturated heterocycles. The highest BCUT2D eigenvalue weighted by Gasteiger charge is 2.14. The van der Waals surface area contributed by atoms with Crippen molar-refractivity contribution in [2.45, 2.75) is 20.4 Å². The monoisotopic (exact) mass is 313 g/mol. The number of carbonyl (C=O) groups is 2. The molecule has 2 rings (SSSR count). The molecule has 0 spiro atoms. The Bertz CT molecular complexity index is 687. The Hall–Kier alpha value is -2.89. The molecule has 2 N–H and O–H groups in total. The van der Waals surface area contributed by atoms with Crippen LogP contribution in [0.25, 0.3) is 0 Å². The van der Waals surface area contributed by atoms with Crippen LogP contribution < -0.4 is 15.4 Å². The minimum Gasteiger partial charge on any atom is -0.494 e. The first-order chi connectivity index (χ1) is 11.1. The second-order valence-electron chi connectivity index (χ2n) is 4.90. The molecular weight excluding hydrogens is 294 g/mol. The highest BCUT2D eigenvalue weighted by atomic mass is 16.5. The van der Waals surface area contributed by atoms with E-state index >= 15 is 0 Å². The third-order valence-corrected chi connectivity index (χ3v) is 3.17. The van der Waals surface area contributed by atoms with Gasteiger partial charge in [-0.25, -0.2) is 0 Å². The van der Waals surface area contributed by atoms with Gasteiger partial charge in [-0.3, -0.25) is 14.6 Å². The van der Waals surface area contributed by atoms with Crippen LogP contribution in [0.2, 0.25) is 0 Å². The Morgan fingerprint density at radius 2 is 1.87 bits per heavy atom. The Morgan fingerprint density at radius 1 is 1.13 bits per heavy atom. The number of ether oxygens (including phenoxy) is 1. The van der Waals surface area contributed by atoms with E-state index in [1.165, 1.54) is 0 Å². The van der Waals surface area contributed by atoms with Gasteiger partial charge in [0.25, 0.3) is 0 Å². The van der Waals surface area contributed by atoms with Crippen LogP contribution in [0, 0.1) is 6.92 Å². The zero-order valence-electron chi connectivity index (χ0n) is 13.1. The number of rotatable bonds is 5. The third kappa shape index (κ3) is 4.81. The molecule has 0 aliphatic rings. The molecular formula is C17H19N3O3. The van der Waals surface area contributed by atoms with Crippen molar-refractivity contribution in [3.63, 3.8) is 0 Å². The van der Waals surface area contributed by atoms with Crippen LogP contribution in [0.15, 0.2) is 42.7 Å². The lowest BCUT2D eigenvalue weighted by Crippen LogP contribution is -2.35. The van der Waals surface area contributed by atoms with Gasteiger partial charge in [-0.15, -0.1) is 0 Å². The van der Waals surface area contributed by atoms with E-state index in [1.54, 1.807) is 36.7 Å². The molecule has 2 amide bonds. The normalized spacial score (nSPS) is 10.0. The molecule has 6 nitrogen and oxygen atoms in total. The maximum Gasteiger partial charge on any atom is 0.313 e. The zero-order chi connectivity index (χ0) is 16.7. The maximum absolute atomic E-state index is 11.9. The van der Waals surface area contributed by atoms with E-state index in [0.29, 0.717) is 12.3 Å². The Morgan fingerprint density at radius 3 is 2.52 bits per heavy atom. The molecule has 0 saturated carbocycles. The van der Waals surface area contributed by atoms with Gasteiger partial charge in [0.15, 0.2) is 0 Å². The number of pyridine rings is 1. The van der Waals surface area contributed by atoms with Crippen molar-refractivity contribution in [2.75, 3.05) is 11.9 Å². The fraction of sp³-hybridized carbons (Fsp3) is 0.235. The molecule has 0 unspecified atom stereocenters. The van der Waals surface area contributed by atoms with Gasteiger partial charge in [-0.05, 0) is 55.3 Å². The third-order valence-electron chi connectivity index (χ3n) is 3.17. The number of anilines is 1. The molecule has 23 heavy (non-hydrogen) atoms. The fourth-order valence-electron chi connectivity index (χ4n) is 1.98. The highest BCUT2D eigenvalue weighted by molar-refractivity contribution is 6.39. The van der Waals surface area contributed by atoms with Crippen molar-refractivity contribution in [1.82, 2.24) is 10.3 Å². The van der Waals surface area contributed by atoms with Crippen molar-refractivity contribution in [1.29, 1.82) is 0 Å². The number of benzene rings is 1. The summed E-state index contributed by atoms with van der Waals surface area (Å²) >= 11 is 0. The Labute approximate surface area is 134 Å². The van der Waals surface area contributed by atoms with Crippen molar-refractivity contribution >= 4 is 17.5 Å². The van der Waals surface area contributed by atoms with Gasteiger partial charge in [0, 0.05) is 24.6 Å². The summed E-state index contributed by atoms with van der Waals surface area (Å²) in [5.41, 5.74) is 2.28. The van der Waals surface area contributed by atoms with E-state index in [9.17, 15) is 9.59 Å². The summed E-state index contributed by atoms with van der Waals surface area (Å²) in [6.45, 7) is 4.59. The van der Waals surface area contributed by atoms with Crippen molar-refractivity contribution in [3.8, 4) is 5.75 Å². The van der Waals surface area contributed by atoms with E-state index < -0.39 is 11.8 Å². The summed E-state index contributed by atoms with van der Waals surface area (Å²) < 4.78 is 5.38. The largest absolute Gasteiger partial charge is 0.494 e. The molecule has 0 bridgehead atoms. The van der Waals surface area contributed by atoms with E-state index in [4.69, 9.17) is 4.74 Å². The standard InChI is InChI=1S/C17H19N3O3/c1-3-23-14-4-5-15(12(2)10-14)20-17(22)16(21)19-11-13-6-8-18-9-7-13/h4-10H,3,11H2,1-2H3,(H,19,21)(H,20,22). The van der Waals surface area contributed by atoms with Crippen LogP contribution in [0.4, 0.5) is 5.69 Å². The minimum absolute atomic E-state index is 0.275. The Balaban J connectivity index is 1.92. The molecule has 0 atom stereocenters. The minimum atomic E-state index is -0.702. The quantitative estimate of drug-likeness (QED) is 0.828. The van der Waals surface area contributed by atoms with Crippen molar-refractivity contribution in [3.05, 3.63) is 53.9 Å². The SMILES string of the molecule is CCOc1ccc(NC(=O)C(=O)NCc2ccncc2)c(C)c1. The lowest BCUT2D eigenvalue weighted by molar-refractivity contribution is -0.136. The van der Waals surface area contributed by atoms with Crippen molar-refractivity contribution in [2.24, 2.45) is 0 Å². The van der Waals surface area contributed by atoms with Crippen LogP contribution >= 0.6 is 0 Å². The van der Waals surface area contributed by atoms with E-state index in [1.807, 2.05) is 19.9 Å². The fourth-order valence-corrected chi connectivity index (χ4v) is 1.98. The molecule has 0 aliphatic heterocycles. The van der Waals surface area contributed by atoms with Crippen LogP contribution in [-0.4, -0.2) is 23.4 Å². The van der Waals surface area contributed by atoms with E-state index in [2.05, 4.69) is 15.6 Å².